The second-order valence-electron chi connectivity index (χ2n) is 16.2. The largest absolute Gasteiger partial charge is 0.435 e. The lowest BCUT2D eigenvalue weighted by Gasteiger charge is -2.37. The lowest BCUT2D eigenvalue weighted by Crippen LogP contribution is -2.54. The molecule has 4 aromatic rings. The molecule has 67 heavy (non-hydrogen) atoms. The first kappa shape index (κ1) is 54.4. The van der Waals surface area contributed by atoms with Crippen LogP contribution in [0.5, 0.6) is 0 Å². The number of Topliss-reactive ketones (excluding diaryl/α,β-unsaturated/α-hetero) is 1. The summed E-state index contributed by atoms with van der Waals surface area (Å²) in [6, 6.07) is 11.7. The van der Waals surface area contributed by atoms with Crippen molar-refractivity contribution in [3.63, 3.8) is 0 Å². The van der Waals surface area contributed by atoms with Gasteiger partial charge in [0.1, 0.15) is 9.84 Å². The van der Waals surface area contributed by atoms with E-state index in [1.54, 1.807) is 38.1 Å². The number of amides is 4. The number of rotatable bonds is 12. The van der Waals surface area contributed by atoms with Crippen LogP contribution in [-0.2, 0) is 45.5 Å². The Morgan fingerprint density at radius 3 is 1.96 bits per heavy atom. The minimum Gasteiger partial charge on any atom is -0.346 e. The summed E-state index contributed by atoms with van der Waals surface area (Å²) >= 11 is 1.89. The number of imide groups is 1. The van der Waals surface area contributed by atoms with Crippen molar-refractivity contribution in [2.45, 2.75) is 89.5 Å². The van der Waals surface area contributed by atoms with Crippen LogP contribution in [0, 0.1) is 10.5 Å². The number of hydrazine groups is 1. The molecule has 2 N–H and O–H groups in total. The van der Waals surface area contributed by atoms with E-state index in [-0.39, 0.29) is 47.2 Å². The summed E-state index contributed by atoms with van der Waals surface area (Å²) in [5.74, 6) is -2.24. The van der Waals surface area contributed by atoms with Gasteiger partial charge >= 0.3 is 30.2 Å². The molecular weight excluding hydrogens is 1050 g/mol. The molecule has 0 saturated carbocycles. The number of nitrogens with zero attached hydrogens (tertiary/aromatic N) is 3. The van der Waals surface area contributed by atoms with Gasteiger partial charge in [-0.25, -0.2) is 32.3 Å². The molecule has 11 nitrogen and oxygen atoms in total. The molecule has 4 amide bonds. The first-order valence-corrected chi connectivity index (χ1v) is 22.5. The highest BCUT2D eigenvalue weighted by molar-refractivity contribution is 14.1. The van der Waals surface area contributed by atoms with Gasteiger partial charge in [0.25, 0.3) is 5.91 Å². The van der Waals surface area contributed by atoms with Gasteiger partial charge in [-0.2, -0.15) is 39.5 Å². The number of anilines is 1. The van der Waals surface area contributed by atoms with Gasteiger partial charge in [-0.15, -0.1) is 0 Å². The zero-order valence-corrected chi connectivity index (χ0v) is 39.0. The number of ketones is 1. The quantitative estimate of drug-likeness (QED) is 0.0811. The van der Waals surface area contributed by atoms with E-state index >= 15 is 0 Å². The molecule has 1 unspecified atom stereocenters. The van der Waals surface area contributed by atoms with Crippen LogP contribution >= 0.6 is 22.6 Å². The van der Waals surface area contributed by atoms with Crippen LogP contribution in [0.4, 0.5) is 58.8 Å². The summed E-state index contributed by atoms with van der Waals surface area (Å²) in [4.78, 5) is 55.3. The predicted octanol–water partition coefficient (Wildman–Crippen LogP) is 9.69. The maximum atomic E-state index is 14.5. The van der Waals surface area contributed by atoms with Gasteiger partial charge in [0.2, 0.25) is 11.6 Å². The summed E-state index contributed by atoms with van der Waals surface area (Å²) in [6.45, 7) is 5.51. The third kappa shape index (κ3) is 12.5. The van der Waals surface area contributed by atoms with Gasteiger partial charge in [-0.1, -0.05) is 42.5 Å². The van der Waals surface area contributed by atoms with Crippen molar-refractivity contribution in [2.75, 3.05) is 16.9 Å². The van der Waals surface area contributed by atoms with Crippen LogP contribution in [0.25, 0.3) is 0 Å². The minimum absolute atomic E-state index is 0.0124. The van der Waals surface area contributed by atoms with Crippen molar-refractivity contribution in [2.24, 2.45) is 0 Å². The Morgan fingerprint density at radius 2 is 1.43 bits per heavy atom. The lowest BCUT2D eigenvalue weighted by molar-refractivity contribution is -0.348. The first-order chi connectivity index (χ1) is 30.5. The van der Waals surface area contributed by atoms with Crippen LogP contribution < -0.4 is 15.6 Å². The van der Waals surface area contributed by atoms with Crippen LogP contribution in [0.1, 0.15) is 81.8 Å². The zero-order valence-electron chi connectivity index (χ0n) is 36.1. The summed E-state index contributed by atoms with van der Waals surface area (Å²) in [6.07, 6.45) is -13.9. The topological polar surface area (TPSA) is 146 Å². The van der Waals surface area contributed by atoms with Crippen molar-refractivity contribution in [1.82, 2.24) is 20.7 Å². The molecule has 0 fully saturated rings. The lowest BCUT2D eigenvalue weighted by atomic mass is 9.91. The van der Waals surface area contributed by atoms with E-state index < -0.39 is 86.5 Å². The van der Waals surface area contributed by atoms with Gasteiger partial charge in [0.05, 0.1) is 23.5 Å². The minimum atomic E-state index is -6.29. The van der Waals surface area contributed by atoms with Gasteiger partial charge < -0.3 is 5.32 Å². The molecule has 0 spiro atoms. The molecule has 3 aromatic carbocycles. The Bertz CT molecular complexity index is 2630. The fourth-order valence-electron chi connectivity index (χ4n) is 6.88. The summed E-state index contributed by atoms with van der Waals surface area (Å²) in [5.41, 5.74) is -8.99. The molecule has 0 radical (unpaired) electrons. The van der Waals surface area contributed by atoms with Crippen molar-refractivity contribution >= 4 is 61.7 Å². The molecule has 0 aliphatic carbocycles. The molecule has 5 rings (SSSR count). The maximum Gasteiger partial charge on any atom is 0.435 e. The maximum absolute atomic E-state index is 14.5. The molecule has 1 aliphatic rings. The Hall–Kier alpha value is -5.24. The van der Waals surface area contributed by atoms with Crippen molar-refractivity contribution in [3.8, 4) is 0 Å². The molecule has 1 aromatic heterocycles. The monoisotopic (exact) mass is 1090 g/mol. The molecule has 2 heterocycles. The Balaban J connectivity index is 0.000000293. The Morgan fingerprint density at radius 1 is 0.821 bits per heavy atom. The van der Waals surface area contributed by atoms with E-state index in [9.17, 15) is 75.9 Å². The second kappa shape index (κ2) is 19.8. The van der Waals surface area contributed by atoms with Crippen LogP contribution in [0.2, 0.25) is 0 Å². The number of aromatic nitrogens is 1. The zero-order chi connectivity index (χ0) is 50.9. The van der Waals surface area contributed by atoms with Gasteiger partial charge in [-0.3, -0.25) is 24.4 Å². The fourth-order valence-corrected chi connectivity index (χ4v) is 9.00. The molecule has 1 atom stereocenters. The predicted molar refractivity (Wildman–Crippen MR) is 231 cm³/mol. The number of nitrogens with one attached hydrogen (secondary N) is 2. The van der Waals surface area contributed by atoms with Crippen LogP contribution in [0.3, 0.4) is 0 Å². The molecular formula is C43H41F11IN5O6S. The number of alkyl halides is 11. The highest BCUT2D eigenvalue weighted by Crippen LogP contribution is 2.54. The van der Waals surface area contributed by atoms with Crippen LogP contribution in [-0.4, -0.2) is 78.1 Å². The van der Waals surface area contributed by atoms with E-state index in [0.717, 1.165) is 30.3 Å². The molecule has 24 heteroatoms. The number of fused-ring (bicyclic) bond motifs is 1. The third-order valence-corrected chi connectivity index (χ3v) is 12.3. The number of benzene rings is 3. The van der Waals surface area contributed by atoms with Crippen molar-refractivity contribution < 1.29 is 75.9 Å². The number of carbonyl (C=O) groups excluding carboxylic acids is 4. The van der Waals surface area contributed by atoms with Gasteiger partial charge in [-0.05, 0) is 102 Å². The van der Waals surface area contributed by atoms with Gasteiger partial charge in [0, 0.05) is 58.8 Å². The number of aryl methyl sites for hydroxylation is 1. The smallest absolute Gasteiger partial charge is 0.346 e. The number of carbonyl (C=O) groups is 4. The van der Waals surface area contributed by atoms with Crippen LogP contribution in [0.15, 0.2) is 79.1 Å². The number of hydrogen-bond acceptors (Lipinski definition) is 8. The third-order valence-electron chi connectivity index (χ3n) is 10.1. The number of sulfone groups is 1. The Kier molecular flexibility index (Phi) is 16.0. The molecule has 1 aliphatic heterocycles. The fraction of sp³-hybridized carbons (Fsp3) is 0.372. The summed E-state index contributed by atoms with van der Waals surface area (Å²) < 4.78 is 171. The average Bonchev–Trinajstić information content (AvgIpc) is 3.18. The SMILES string of the molecule is CC(=O)N1C(=O)N(NCc2cccnc2)Cc2cc(C(F)(C(F)(F)F)C(F)(F)F)ccc21.Cc1cc(C(C)(F)C(F)(F)F)ccc1CC(=O)c1cccc(I)c1C(=O)NC(C)(C)CS(C)(=O)=O. The Labute approximate surface area is 390 Å². The molecule has 0 saturated heterocycles. The van der Waals surface area contributed by atoms with Crippen molar-refractivity contribution in [3.05, 3.63) is 127 Å². The normalized spacial score (nSPS) is 14.7. The molecule has 0 bridgehead atoms. The van der Waals surface area contributed by atoms with E-state index in [1.165, 1.54) is 31.5 Å². The highest BCUT2D eigenvalue weighted by Gasteiger charge is 2.73. The van der Waals surface area contributed by atoms with E-state index in [4.69, 9.17) is 0 Å². The highest BCUT2D eigenvalue weighted by atomic mass is 127. The van der Waals surface area contributed by atoms with E-state index in [1.807, 2.05) is 22.6 Å². The summed E-state index contributed by atoms with van der Waals surface area (Å²) in [5, 5.41) is 3.49. The average molecular weight is 1090 g/mol. The number of urea groups is 1. The van der Waals surface area contributed by atoms with E-state index in [0.29, 0.717) is 44.2 Å². The van der Waals surface area contributed by atoms with E-state index in [2.05, 4.69) is 15.7 Å². The second-order valence-corrected chi connectivity index (χ2v) is 19.5. The first-order valence-electron chi connectivity index (χ1n) is 19.4. The number of pyridine rings is 1. The standard InChI is InChI=1S/C24H26F4INO4S.C19H15F7N4O2/c1-14-11-16(23(4,25)24(26,27)28)10-9-15(14)12-19(31)17-7-6-8-18(29)20(17)21(32)30-22(2,3)13-35(5,33)34;1-11(31)30-15-5-4-14(17(20,18(21,22)23)19(24,25)26)7-13(15)10-29(16(30)32)28-9-12-3-2-6-27-8-12/h6-11H,12-13H2,1-5H3,(H,30,32);2-8,28H,9-10H2,1H3. The van der Waals surface area contributed by atoms with Gasteiger partial charge in [0.15, 0.2) is 5.78 Å². The number of halogens is 12. The van der Waals surface area contributed by atoms with Crippen molar-refractivity contribution in [1.29, 1.82) is 0 Å². The molecule has 364 valence electrons. The summed E-state index contributed by atoms with van der Waals surface area (Å²) in [7, 11) is -3.40. The number of hydrogen-bond donors (Lipinski definition) is 2.